The molecule has 0 bridgehead atoms. The van der Waals surface area contributed by atoms with E-state index < -0.39 is 0 Å². The van der Waals surface area contributed by atoms with Crippen molar-refractivity contribution in [3.8, 4) is 5.88 Å². The molecule has 0 spiro atoms. The van der Waals surface area contributed by atoms with Gasteiger partial charge in [-0.25, -0.2) is 4.98 Å². The maximum absolute atomic E-state index is 12.2. The van der Waals surface area contributed by atoms with Gasteiger partial charge in [0.15, 0.2) is 0 Å². The van der Waals surface area contributed by atoms with E-state index in [0.29, 0.717) is 12.3 Å². The number of hydrogen-bond donors (Lipinski definition) is 1. The van der Waals surface area contributed by atoms with E-state index in [0.717, 1.165) is 37.2 Å². The van der Waals surface area contributed by atoms with E-state index >= 15 is 0 Å². The summed E-state index contributed by atoms with van der Waals surface area (Å²) in [7, 11) is 0. The summed E-state index contributed by atoms with van der Waals surface area (Å²) in [6, 6.07) is 5.72. The predicted molar refractivity (Wildman–Crippen MR) is 81.5 cm³/mol. The number of carbonyl (C=O) groups excluding carboxylic acids is 1. The lowest BCUT2D eigenvalue weighted by molar-refractivity contribution is -0.132. The molecule has 1 aliphatic heterocycles. The molecule has 0 aliphatic carbocycles. The molecule has 3 heterocycles. The topological polar surface area (TPSA) is 71.1 Å². The average molecular weight is 300 g/mol. The average Bonchev–Trinajstić information content (AvgIpc) is 3.03. The molecule has 0 unspecified atom stereocenters. The normalized spacial score (nSPS) is 15.8. The molecule has 6 nitrogen and oxygen atoms in total. The predicted octanol–water partition coefficient (Wildman–Crippen LogP) is 1.73. The van der Waals surface area contributed by atoms with Crippen LogP contribution in [-0.2, 0) is 11.2 Å². The van der Waals surface area contributed by atoms with Gasteiger partial charge in [-0.2, -0.15) is 5.10 Å². The highest BCUT2D eigenvalue weighted by Crippen LogP contribution is 2.18. The van der Waals surface area contributed by atoms with Gasteiger partial charge in [-0.3, -0.25) is 9.89 Å². The molecule has 1 fully saturated rings. The first kappa shape index (κ1) is 14.6. The second-order valence-electron chi connectivity index (χ2n) is 5.63. The van der Waals surface area contributed by atoms with Gasteiger partial charge in [0.05, 0.1) is 6.42 Å². The van der Waals surface area contributed by atoms with Crippen molar-refractivity contribution in [1.29, 1.82) is 0 Å². The van der Waals surface area contributed by atoms with E-state index in [4.69, 9.17) is 4.74 Å². The molecule has 22 heavy (non-hydrogen) atoms. The van der Waals surface area contributed by atoms with Gasteiger partial charge in [0.2, 0.25) is 11.8 Å². The van der Waals surface area contributed by atoms with E-state index in [1.165, 1.54) is 0 Å². The van der Waals surface area contributed by atoms with Crippen LogP contribution in [0.25, 0.3) is 0 Å². The van der Waals surface area contributed by atoms with Crippen LogP contribution < -0.4 is 4.74 Å². The smallest absolute Gasteiger partial charge is 0.228 e. The van der Waals surface area contributed by atoms with Crippen LogP contribution in [0.5, 0.6) is 5.88 Å². The number of aryl methyl sites for hydroxylation is 1. The zero-order valence-electron chi connectivity index (χ0n) is 12.7. The zero-order valence-corrected chi connectivity index (χ0v) is 12.7. The van der Waals surface area contributed by atoms with E-state index in [2.05, 4.69) is 15.2 Å². The number of nitrogens with one attached hydrogen (secondary N) is 1. The van der Waals surface area contributed by atoms with Gasteiger partial charge in [-0.1, -0.05) is 6.07 Å². The Kier molecular flexibility index (Phi) is 4.37. The van der Waals surface area contributed by atoms with Crippen molar-refractivity contribution in [3.63, 3.8) is 0 Å². The summed E-state index contributed by atoms with van der Waals surface area (Å²) in [5.41, 5.74) is 1.97. The molecular weight excluding hydrogens is 280 g/mol. The standard InChI is InChI=1S/C16H20N4O2/c1-12-2-3-15(17-11-12)22-14-5-8-20(9-6-14)16(21)10-13-4-7-18-19-13/h2-4,7,11,14H,5-6,8-10H2,1H3,(H,18,19). The van der Waals surface area contributed by atoms with Gasteiger partial charge < -0.3 is 9.64 Å². The van der Waals surface area contributed by atoms with Gasteiger partial charge in [-0.15, -0.1) is 0 Å². The summed E-state index contributed by atoms with van der Waals surface area (Å²) in [4.78, 5) is 18.3. The molecule has 6 heteroatoms. The molecule has 0 atom stereocenters. The molecule has 116 valence electrons. The number of nitrogens with zero attached hydrogens (tertiary/aromatic N) is 3. The number of piperidine rings is 1. The number of carbonyl (C=O) groups is 1. The first-order valence-corrected chi connectivity index (χ1v) is 7.56. The number of amides is 1. The fourth-order valence-corrected chi connectivity index (χ4v) is 2.58. The van der Waals surface area contributed by atoms with Crippen molar-refractivity contribution in [2.75, 3.05) is 13.1 Å². The highest BCUT2D eigenvalue weighted by Gasteiger charge is 2.24. The van der Waals surface area contributed by atoms with Crippen LogP contribution in [0.15, 0.2) is 30.6 Å². The summed E-state index contributed by atoms with van der Waals surface area (Å²) < 4.78 is 5.88. The molecular formula is C16H20N4O2. The lowest BCUT2D eigenvalue weighted by Crippen LogP contribution is -2.42. The van der Waals surface area contributed by atoms with Gasteiger partial charge in [0.25, 0.3) is 0 Å². The van der Waals surface area contributed by atoms with Crippen molar-refractivity contribution in [1.82, 2.24) is 20.1 Å². The lowest BCUT2D eigenvalue weighted by atomic mass is 10.1. The van der Waals surface area contributed by atoms with Crippen molar-refractivity contribution in [2.45, 2.75) is 32.3 Å². The van der Waals surface area contributed by atoms with Crippen LogP contribution in [-0.4, -0.2) is 45.2 Å². The van der Waals surface area contributed by atoms with Crippen LogP contribution in [0.1, 0.15) is 24.1 Å². The Bertz CT molecular complexity index is 602. The maximum Gasteiger partial charge on any atom is 0.228 e. The highest BCUT2D eigenvalue weighted by molar-refractivity contribution is 5.78. The van der Waals surface area contributed by atoms with E-state index in [1.54, 1.807) is 12.4 Å². The van der Waals surface area contributed by atoms with Gasteiger partial charge >= 0.3 is 0 Å². The van der Waals surface area contributed by atoms with Crippen molar-refractivity contribution in [2.24, 2.45) is 0 Å². The molecule has 2 aromatic rings. The molecule has 1 N–H and O–H groups in total. The Hall–Kier alpha value is -2.37. The second-order valence-corrected chi connectivity index (χ2v) is 5.63. The Morgan fingerprint density at radius 2 is 2.18 bits per heavy atom. The number of ether oxygens (including phenoxy) is 1. The largest absolute Gasteiger partial charge is 0.474 e. The maximum atomic E-state index is 12.2. The number of rotatable bonds is 4. The fraction of sp³-hybridized carbons (Fsp3) is 0.438. The van der Waals surface area contributed by atoms with Crippen LogP contribution in [0.4, 0.5) is 0 Å². The summed E-state index contributed by atoms with van der Waals surface area (Å²) >= 11 is 0. The summed E-state index contributed by atoms with van der Waals surface area (Å²) in [6.07, 6.45) is 5.65. The monoisotopic (exact) mass is 300 g/mol. The molecule has 3 rings (SSSR count). The zero-order chi connectivity index (χ0) is 15.4. The Balaban J connectivity index is 1.47. The minimum absolute atomic E-state index is 0.131. The first-order valence-electron chi connectivity index (χ1n) is 7.56. The number of aromatic nitrogens is 3. The Morgan fingerprint density at radius 1 is 1.36 bits per heavy atom. The third-order valence-electron chi connectivity index (χ3n) is 3.87. The molecule has 1 aliphatic rings. The first-order chi connectivity index (χ1) is 10.7. The van der Waals surface area contributed by atoms with Crippen LogP contribution in [0.2, 0.25) is 0 Å². The number of likely N-dealkylation sites (tertiary alicyclic amines) is 1. The fourth-order valence-electron chi connectivity index (χ4n) is 2.58. The summed E-state index contributed by atoms with van der Waals surface area (Å²) in [6.45, 7) is 3.45. The summed E-state index contributed by atoms with van der Waals surface area (Å²) in [5, 5.41) is 6.69. The minimum atomic E-state index is 0.131. The molecule has 2 aromatic heterocycles. The van der Waals surface area contributed by atoms with Gasteiger partial charge in [-0.05, 0) is 18.6 Å². The van der Waals surface area contributed by atoms with Gasteiger partial charge in [0, 0.05) is 50.1 Å². The number of hydrogen-bond acceptors (Lipinski definition) is 4. The lowest BCUT2D eigenvalue weighted by Gasteiger charge is -2.31. The summed E-state index contributed by atoms with van der Waals surface area (Å²) in [5.74, 6) is 0.795. The van der Waals surface area contributed by atoms with Crippen molar-refractivity contribution in [3.05, 3.63) is 41.9 Å². The molecule has 1 amide bonds. The Morgan fingerprint density at radius 3 is 2.82 bits per heavy atom. The van der Waals surface area contributed by atoms with Crippen LogP contribution in [0, 0.1) is 6.92 Å². The molecule has 0 aromatic carbocycles. The molecule has 0 radical (unpaired) electrons. The number of aromatic amines is 1. The third-order valence-corrected chi connectivity index (χ3v) is 3.87. The SMILES string of the molecule is Cc1ccc(OC2CCN(C(=O)Cc3ccn[nH]3)CC2)nc1. The van der Waals surface area contributed by atoms with Crippen LogP contribution >= 0.6 is 0 Å². The highest BCUT2D eigenvalue weighted by atomic mass is 16.5. The minimum Gasteiger partial charge on any atom is -0.474 e. The third kappa shape index (κ3) is 3.63. The van der Waals surface area contributed by atoms with E-state index in [-0.39, 0.29) is 12.0 Å². The van der Waals surface area contributed by atoms with E-state index in [9.17, 15) is 4.79 Å². The van der Waals surface area contributed by atoms with Gasteiger partial charge in [0.1, 0.15) is 6.10 Å². The number of pyridine rings is 1. The molecule has 0 saturated carbocycles. The van der Waals surface area contributed by atoms with E-state index in [1.807, 2.05) is 30.0 Å². The quantitative estimate of drug-likeness (QED) is 0.933. The van der Waals surface area contributed by atoms with Crippen LogP contribution in [0.3, 0.4) is 0 Å². The number of H-pyrrole nitrogens is 1. The van der Waals surface area contributed by atoms with Crippen molar-refractivity contribution >= 4 is 5.91 Å². The van der Waals surface area contributed by atoms with Crippen molar-refractivity contribution < 1.29 is 9.53 Å². The second kappa shape index (κ2) is 6.60. The molecule has 1 saturated heterocycles. The Labute approximate surface area is 129 Å².